The van der Waals surface area contributed by atoms with E-state index >= 15 is 0 Å². The Balaban J connectivity index is 0.00000274. The second kappa shape index (κ2) is 11.0. The molecule has 178 valence electrons. The first-order valence-electron chi connectivity index (χ1n) is 11.7. The summed E-state index contributed by atoms with van der Waals surface area (Å²) < 4.78 is 8.34. The van der Waals surface area contributed by atoms with Gasteiger partial charge >= 0.3 is 0 Å². The van der Waals surface area contributed by atoms with Crippen molar-refractivity contribution in [3.05, 3.63) is 83.9 Å². The molecule has 1 saturated heterocycles. The largest absolute Gasteiger partial charge is 0.508 e. The van der Waals surface area contributed by atoms with E-state index in [9.17, 15) is 5.11 Å². The molecule has 0 amide bonds. The molecular formula is C28H32ClN3O2. The highest BCUT2D eigenvalue weighted by molar-refractivity contribution is 5.92. The summed E-state index contributed by atoms with van der Waals surface area (Å²) in [6.07, 6.45) is 0. The van der Waals surface area contributed by atoms with Crippen LogP contribution < -0.4 is 10.1 Å². The van der Waals surface area contributed by atoms with Gasteiger partial charge in [0.05, 0.1) is 5.69 Å². The third-order valence-electron chi connectivity index (χ3n) is 6.50. The van der Waals surface area contributed by atoms with Crippen molar-refractivity contribution in [1.82, 2.24) is 14.8 Å². The highest BCUT2D eigenvalue weighted by Crippen LogP contribution is 2.35. The average Bonchev–Trinajstić information content (AvgIpc) is 3.12. The maximum atomic E-state index is 10.1. The number of halogens is 1. The van der Waals surface area contributed by atoms with Crippen LogP contribution in [0.25, 0.3) is 22.2 Å². The van der Waals surface area contributed by atoms with E-state index in [1.807, 2.05) is 18.2 Å². The summed E-state index contributed by atoms with van der Waals surface area (Å²) >= 11 is 0. The van der Waals surface area contributed by atoms with Gasteiger partial charge in [-0.05, 0) is 53.9 Å². The Morgan fingerprint density at radius 1 is 0.941 bits per heavy atom. The molecule has 0 aliphatic carbocycles. The van der Waals surface area contributed by atoms with E-state index in [0.717, 1.165) is 55.9 Å². The second-order valence-corrected chi connectivity index (χ2v) is 8.71. The van der Waals surface area contributed by atoms with Gasteiger partial charge in [-0.2, -0.15) is 0 Å². The molecule has 0 saturated carbocycles. The highest BCUT2D eigenvalue weighted by Gasteiger charge is 2.16. The lowest BCUT2D eigenvalue weighted by Gasteiger charge is -2.26. The summed E-state index contributed by atoms with van der Waals surface area (Å²) in [6, 6.07) is 24.6. The van der Waals surface area contributed by atoms with Gasteiger partial charge in [-0.1, -0.05) is 42.5 Å². The number of nitrogens with zero attached hydrogens (tertiary/aromatic N) is 2. The lowest BCUT2D eigenvalue weighted by atomic mass is 10.1. The number of ether oxygens (including phenoxy) is 1. The molecule has 6 heteroatoms. The van der Waals surface area contributed by atoms with Gasteiger partial charge in [0.2, 0.25) is 0 Å². The Morgan fingerprint density at radius 3 is 2.41 bits per heavy atom. The van der Waals surface area contributed by atoms with Crippen LogP contribution >= 0.6 is 12.4 Å². The third kappa shape index (κ3) is 5.22. The number of benzene rings is 3. The van der Waals surface area contributed by atoms with Crippen molar-refractivity contribution in [1.29, 1.82) is 0 Å². The van der Waals surface area contributed by atoms with E-state index in [4.69, 9.17) is 4.74 Å². The lowest BCUT2D eigenvalue weighted by molar-refractivity contribution is 0.191. The van der Waals surface area contributed by atoms with Crippen LogP contribution in [0.15, 0.2) is 72.8 Å². The van der Waals surface area contributed by atoms with Gasteiger partial charge in [0.1, 0.15) is 18.1 Å². The molecule has 1 aliphatic heterocycles. The molecule has 1 aromatic heterocycles. The molecule has 1 fully saturated rings. The maximum Gasteiger partial charge on any atom is 0.119 e. The maximum absolute atomic E-state index is 10.1. The normalized spacial score (nSPS) is 14.1. The number of nitrogens with one attached hydrogen (secondary N) is 1. The van der Waals surface area contributed by atoms with E-state index in [-0.39, 0.29) is 12.4 Å². The molecule has 0 bridgehead atoms. The molecule has 34 heavy (non-hydrogen) atoms. The topological polar surface area (TPSA) is 49.7 Å². The quantitative estimate of drug-likeness (QED) is 0.390. The summed E-state index contributed by atoms with van der Waals surface area (Å²) in [5.74, 6) is 1.21. The van der Waals surface area contributed by atoms with Crippen LogP contribution in [0, 0.1) is 6.92 Å². The number of hydrogen-bond donors (Lipinski definition) is 2. The van der Waals surface area contributed by atoms with Gasteiger partial charge < -0.3 is 19.7 Å². The zero-order valence-electron chi connectivity index (χ0n) is 19.5. The van der Waals surface area contributed by atoms with Gasteiger partial charge in [0.25, 0.3) is 0 Å². The molecule has 0 spiro atoms. The predicted molar refractivity (Wildman–Crippen MR) is 141 cm³/mol. The number of fused-ring (bicyclic) bond motifs is 1. The van der Waals surface area contributed by atoms with Crippen molar-refractivity contribution in [2.45, 2.75) is 13.5 Å². The molecular weight excluding hydrogens is 446 g/mol. The number of aromatic nitrogens is 1. The van der Waals surface area contributed by atoms with Gasteiger partial charge in [0.15, 0.2) is 0 Å². The minimum Gasteiger partial charge on any atom is -0.508 e. The molecule has 2 heterocycles. The van der Waals surface area contributed by atoms with Crippen molar-refractivity contribution in [2.75, 3.05) is 39.3 Å². The Bertz CT molecular complexity index is 1220. The fraction of sp³-hybridized carbons (Fsp3) is 0.286. The summed E-state index contributed by atoms with van der Waals surface area (Å²) in [5, 5.41) is 14.5. The molecule has 0 atom stereocenters. The SMILES string of the molecule is Cc1c(-c2ccccc2)n(Cc2ccc(OCCN3CCNCC3)cc2)c2ccc(O)cc12.Cl. The number of hydrogen-bond acceptors (Lipinski definition) is 4. The second-order valence-electron chi connectivity index (χ2n) is 8.71. The van der Waals surface area contributed by atoms with Crippen molar-refractivity contribution >= 4 is 23.3 Å². The summed E-state index contributed by atoms with van der Waals surface area (Å²) in [4.78, 5) is 2.44. The standard InChI is InChI=1S/C28H31N3O2.ClH/c1-21-26-19-24(32)9-12-27(26)31(28(21)23-5-3-2-4-6-23)20-22-7-10-25(11-8-22)33-18-17-30-15-13-29-14-16-30;/h2-12,19,29,32H,13-18,20H2,1H3;1H. The Kier molecular flexibility index (Phi) is 7.78. The van der Waals surface area contributed by atoms with Gasteiger partial charge in [-0.3, -0.25) is 4.90 Å². The fourth-order valence-corrected chi connectivity index (χ4v) is 4.74. The minimum absolute atomic E-state index is 0. The van der Waals surface area contributed by atoms with Gasteiger partial charge in [-0.15, -0.1) is 12.4 Å². The van der Waals surface area contributed by atoms with Crippen LogP contribution in [0.4, 0.5) is 0 Å². The molecule has 0 radical (unpaired) electrons. The van der Waals surface area contributed by atoms with Gasteiger partial charge in [-0.25, -0.2) is 0 Å². The van der Waals surface area contributed by atoms with E-state index in [2.05, 4.69) is 70.2 Å². The van der Waals surface area contributed by atoms with Crippen LogP contribution in [0.1, 0.15) is 11.1 Å². The van der Waals surface area contributed by atoms with Crippen molar-refractivity contribution in [3.63, 3.8) is 0 Å². The average molecular weight is 478 g/mol. The number of phenolic OH excluding ortho intramolecular Hbond substituents is 1. The van der Waals surface area contributed by atoms with E-state index in [1.54, 1.807) is 6.07 Å². The molecule has 5 nitrogen and oxygen atoms in total. The Labute approximate surface area is 207 Å². The number of aromatic hydroxyl groups is 1. The van der Waals surface area contributed by atoms with Crippen molar-refractivity contribution in [2.24, 2.45) is 0 Å². The van der Waals surface area contributed by atoms with Crippen LogP contribution in [-0.4, -0.2) is 53.9 Å². The Hall–Kier alpha value is -2.99. The first kappa shape index (κ1) is 24.1. The Morgan fingerprint density at radius 2 is 1.68 bits per heavy atom. The summed E-state index contributed by atoms with van der Waals surface area (Å²) in [7, 11) is 0. The van der Waals surface area contributed by atoms with Crippen molar-refractivity contribution < 1.29 is 9.84 Å². The number of piperazine rings is 1. The van der Waals surface area contributed by atoms with Crippen LogP contribution in [0.2, 0.25) is 0 Å². The monoisotopic (exact) mass is 477 g/mol. The zero-order valence-corrected chi connectivity index (χ0v) is 20.4. The van der Waals surface area contributed by atoms with E-state index in [0.29, 0.717) is 12.4 Å². The molecule has 2 N–H and O–H groups in total. The number of rotatable bonds is 7. The van der Waals surface area contributed by atoms with E-state index in [1.165, 1.54) is 22.4 Å². The molecule has 3 aromatic carbocycles. The molecule has 0 unspecified atom stereocenters. The summed E-state index contributed by atoms with van der Waals surface area (Å²) in [5.41, 5.74) is 5.89. The molecule has 1 aliphatic rings. The van der Waals surface area contributed by atoms with Gasteiger partial charge in [0, 0.05) is 50.2 Å². The number of phenols is 1. The summed E-state index contributed by atoms with van der Waals surface area (Å²) in [6.45, 7) is 8.87. The van der Waals surface area contributed by atoms with Crippen LogP contribution in [0.5, 0.6) is 11.5 Å². The lowest BCUT2D eigenvalue weighted by Crippen LogP contribution is -2.44. The highest BCUT2D eigenvalue weighted by atomic mass is 35.5. The van der Waals surface area contributed by atoms with Crippen LogP contribution in [0.3, 0.4) is 0 Å². The molecule has 4 aromatic rings. The smallest absolute Gasteiger partial charge is 0.119 e. The number of aryl methyl sites for hydroxylation is 1. The first-order valence-corrected chi connectivity index (χ1v) is 11.7. The third-order valence-corrected chi connectivity index (χ3v) is 6.50. The van der Waals surface area contributed by atoms with Crippen molar-refractivity contribution in [3.8, 4) is 22.8 Å². The zero-order chi connectivity index (χ0) is 22.6. The predicted octanol–water partition coefficient (Wildman–Crippen LogP) is 5.08. The van der Waals surface area contributed by atoms with E-state index < -0.39 is 0 Å². The van der Waals surface area contributed by atoms with Crippen LogP contribution in [-0.2, 0) is 6.54 Å². The molecule has 5 rings (SSSR count). The minimum atomic E-state index is 0. The first-order chi connectivity index (χ1) is 16.2. The fourth-order valence-electron chi connectivity index (χ4n) is 4.74.